The molecule has 1 aromatic carbocycles. The number of benzene rings is 1. The van der Waals surface area contributed by atoms with Gasteiger partial charge in [-0.1, -0.05) is 0 Å². The van der Waals surface area contributed by atoms with Gasteiger partial charge in [-0.3, -0.25) is 9.48 Å². The number of hydrogen-bond donors (Lipinski definition) is 1. The molecule has 0 aliphatic rings. The van der Waals surface area contributed by atoms with Crippen molar-refractivity contribution in [1.82, 2.24) is 30.0 Å². The van der Waals surface area contributed by atoms with Crippen LogP contribution in [0.2, 0.25) is 0 Å². The van der Waals surface area contributed by atoms with Crippen molar-refractivity contribution in [3.05, 3.63) is 42.0 Å². The summed E-state index contributed by atoms with van der Waals surface area (Å²) in [5.41, 5.74) is 1.71. The highest BCUT2D eigenvalue weighted by molar-refractivity contribution is 6.01. The Morgan fingerprint density at radius 2 is 1.96 bits per heavy atom. The number of nitrogens with one attached hydrogen (secondary N) is 1. The Labute approximate surface area is 153 Å². The second-order valence-electron chi connectivity index (χ2n) is 5.51. The van der Waals surface area contributed by atoms with Crippen molar-refractivity contribution in [2.24, 2.45) is 7.05 Å². The number of amides is 1. The first kappa shape index (κ1) is 18.0. The summed E-state index contributed by atoms with van der Waals surface area (Å²) in [6.45, 7) is 1.44. The van der Waals surface area contributed by atoms with E-state index in [1.165, 1.54) is 22.8 Å². The molecule has 2 heterocycles. The van der Waals surface area contributed by atoms with Gasteiger partial charge in [0, 0.05) is 7.05 Å². The zero-order valence-corrected chi connectivity index (χ0v) is 14.9. The molecule has 3 aromatic rings. The van der Waals surface area contributed by atoms with Gasteiger partial charge < -0.3 is 14.8 Å². The predicted octanol–water partition coefficient (Wildman–Crippen LogP) is 0.508. The molecule has 0 radical (unpaired) electrons. The number of tetrazole rings is 1. The van der Waals surface area contributed by atoms with Gasteiger partial charge in [-0.05, 0) is 41.6 Å². The van der Waals surface area contributed by atoms with Crippen LogP contribution < -0.4 is 10.1 Å². The van der Waals surface area contributed by atoms with Crippen molar-refractivity contribution in [2.45, 2.75) is 6.92 Å². The van der Waals surface area contributed by atoms with Crippen molar-refractivity contribution >= 4 is 17.6 Å². The fraction of sp³-hybridized carbons (Fsp3) is 0.250. The zero-order valence-electron chi connectivity index (χ0n) is 14.9. The Kier molecular flexibility index (Phi) is 5.11. The predicted molar refractivity (Wildman–Crippen MR) is 92.6 cm³/mol. The number of hydrogen-bond acceptors (Lipinski definition) is 8. The van der Waals surface area contributed by atoms with Crippen LogP contribution in [0.25, 0.3) is 5.69 Å². The molecule has 0 saturated heterocycles. The second kappa shape index (κ2) is 7.64. The van der Waals surface area contributed by atoms with E-state index in [1.54, 1.807) is 38.2 Å². The van der Waals surface area contributed by atoms with Crippen LogP contribution in [0.1, 0.15) is 16.2 Å². The minimum Gasteiger partial charge on any atom is -0.484 e. The molecular weight excluding hydrogens is 354 g/mol. The van der Waals surface area contributed by atoms with E-state index in [0.717, 1.165) is 5.69 Å². The maximum Gasteiger partial charge on any atom is 0.358 e. The first-order valence-corrected chi connectivity index (χ1v) is 7.87. The van der Waals surface area contributed by atoms with Gasteiger partial charge in [-0.15, -0.1) is 5.10 Å². The molecule has 0 aliphatic heterocycles. The van der Waals surface area contributed by atoms with E-state index in [4.69, 9.17) is 9.47 Å². The molecule has 11 nitrogen and oxygen atoms in total. The van der Waals surface area contributed by atoms with Gasteiger partial charge in [-0.25, -0.2) is 9.48 Å². The third-order valence-corrected chi connectivity index (χ3v) is 3.69. The number of rotatable bonds is 6. The lowest BCUT2D eigenvalue weighted by molar-refractivity contribution is -0.118. The van der Waals surface area contributed by atoms with E-state index in [2.05, 4.69) is 25.9 Å². The summed E-state index contributed by atoms with van der Waals surface area (Å²) < 4.78 is 13.0. The largest absolute Gasteiger partial charge is 0.484 e. The van der Waals surface area contributed by atoms with Gasteiger partial charge in [0.2, 0.25) is 0 Å². The normalized spacial score (nSPS) is 10.5. The number of aromatic nitrogens is 6. The summed E-state index contributed by atoms with van der Waals surface area (Å²) in [7, 11) is 2.86. The first-order valence-electron chi connectivity index (χ1n) is 7.87. The van der Waals surface area contributed by atoms with E-state index in [0.29, 0.717) is 17.1 Å². The molecule has 0 saturated carbocycles. The van der Waals surface area contributed by atoms with Crippen LogP contribution in [-0.4, -0.2) is 55.6 Å². The number of methoxy groups -OCH3 is 1. The molecule has 27 heavy (non-hydrogen) atoms. The van der Waals surface area contributed by atoms with E-state index in [-0.39, 0.29) is 12.3 Å². The second-order valence-corrected chi connectivity index (χ2v) is 5.51. The number of ether oxygens (including phenoxy) is 2. The number of aryl methyl sites for hydroxylation is 2. The monoisotopic (exact) mass is 371 g/mol. The molecule has 3 rings (SSSR count). The standard InChI is InChI=1S/C16H17N7O4/c1-10-14(15(16(25)26-3)22(2)19-10)18-13(24)8-27-12-6-4-11(5-7-12)23-9-17-20-21-23/h4-7,9H,8H2,1-3H3,(H,18,24). The Morgan fingerprint density at radius 3 is 2.59 bits per heavy atom. The zero-order chi connectivity index (χ0) is 19.4. The van der Waals surface area contributed by atoms with Crippen molar-refractivity contribution in [3.63, 3.8) is 0 Å². The van der Waals surface area contributed by atoms with Gasteiger partial charge in [-0.2, -0.15) is 5.10 Å². The summed E-state index contributed by atoms with van der Waals surface area (Å²) in [4.78, 5) is 24.1. The molecular formula is C16H17N7O4. The Hall–Kier alpha value is -3.76. The molecule has 0 unspecified atom stereocenters. The Morgan fingerprint density at radius 1 is 1.22 bits per heavy atom. The number of carbonyl (C=O) groups excluding carboxylic acids is 2. The van der Waals surface area contributed by atoms with Crippen LogP contribution in [0.3, 0.4) is 0 Å². The molecule has 0 fully saturated rings. The number of esters is 1. The number of anilines is 1. The third-order valence-electron chi connectivity index (χ3n) is 3.69. The lowest BCUT2D eigenvalue weighted by atomic mass is 10.3. The SMILES string of the molecule is COC(=O)c1c(NC(=O)COc2ccc(-n3cnnn3)cc2)c(C)nn1C. The lowest BCUT2D eigenvalue weighted by Crippen LogP contribution is -2.22. The van der Waals surface area contributed by atoms with E-state index >= 15 is 0 Å². The topological polar surface area (TPSA) is 126 Å². The summed E-state index contributed by atoms with van der Waals surface area (Å²) in [5.74, 6) is -0.522. The number of carbonyl (C=O) groups is 2. The van der Waals surface area contributed by atoms with E-state index in [1.807, 2.05) is 0 Å². The van der Waals surface area contributed by atoms with Crippen LogP contribution >= 0.6 is 0 Å². The van der Waals surface area contributed by atoms with Gasteiger partial charge in [0.15, 0.2) is 12.3 Å². The minimum atomic E-state index is -0.590. The third kappa shape index (κ3) is 3.92. The lowest BCUT2D eigenvalue weighted by Gasteiger charge is -2.09. The quantitative estimate of drug-likeness (QED) is 0.621. The molecule has 1 amide bonds. The fourth-order valence-corrected chi connectivity index (χ4v) is 2.44. The molecule has 11 heteroatoms. The van der Waals surface area contributed by atoms with Crippen molar-refractivity contribution in [2.75, 3.05) is 19.0 Å². The van der Waals surface area contributed by atoms with Gasteiger partial charge in [0.1, 0.15) is 12.1 Å². The molecule has 1 N–H and O–H groups in total. The smallest absolute Gasteiger partial charge is 0.358 e. The summed E-state index contributed by atoms with van der Waals surface area (Å²) >= 11 is 0. The number of nitrogens with zero attached hydrogens (tertiary/aromatic N) is 6. The maximum atomic E-state index is 12.2. The summed E-state index contributed by atoms with van der Waals surface area (Å²) in [6.07, 6.45) is 1.47. The van der Waals surface area contributed by atoms with Crippen molar-refractivity contribution < 1.29 is 19.1 Å². The highest BCUT2D eigenvalue weighted by Crippen LogP contribution is 2.20. The van der Waals surface area contributed by atoms with E-state index in [9.17, 15) is 9.59 Å². The molecule has 0 spiro atoms. The molecule has 140 valence electrons. The first-order chi connectivity index (χ1) is 13.0. The minimum absolute atomic E-state index is 0.161. The van der Waals surface area contributed by atoms with Crippen LogP contribution in [-0.2, 0) is 16.6 Å². The molecule has 2 aromatic heterocycles. The summed E-state index contributed by atoms with van der Waals surface area (Å²) in [6, 6.07) is 6.90. The van der Waals surface area contributed by atoms with Crippen LogP contribution in [0.15, 0.2) is 30.6 Å². The van der Waals surface area contributed by atoms with Gasteiger partial charge in [0.25, 0.3) is 5.91 Å². The van der Waals surface area contributed by atoms with Crippen LogP contribution in [0.4, 0.5) is 5.69 Å². The van der Waals surface area contributed by atoms with E-state index < -0.39 is 11.9 Å². The molecule has 0 aliphatic carbocycles. The Bertz CT molecular complexity index is 948. The van der Waals surface area contributed by atoms with Crippen molar-refractivity contribution in [3.8, 4) is 11.4 Å². The van der Waals surface area contributed by atoms with Crippen molar-refractivity contribution in [1.29, 1.82) is 0 Å². The highest BCUT2D eigenvalue weighted by atomic mass is 16.5. The molecule has 0 atom stereocenters. The van der Waals surface area contributed by atoms with Crippen LogP contribution in [0, 0.1) is 6.92 Å². The highest BCUT2D eigenvalue weighted by Gasteiger charge is 2.22. The van der Waals surface area contributed by atoms with Gasteiger partial charge >= 0.3 is 5.97 Å². The maximum absolute atomic E-state index is 12.2. The van der Waals surface area contributed by atoms with Crippen LogP contribution in [0.5, 0.6) is 5.75 Å². The average Bonchev–Trinajstić information content (AvgIpc) is 3.29. The summed E-state index contributed by atoms with van der Waals surface area (Å²) in [5, 5.41) is 17.7. The fourth-order valence-electron chi connectivity index (χ4n) is 2.44. The van der Waals surface area contributed by atoms with Gasteiger partial charge in [0.05, 0.1) is 24.2 Å². The average molecular weight is 371 g/mol. The Balaban J connectivity index is 1.63. The molecule has 0 bridgehead atoms.